The van der Waals surface area contributed by atoms with Crippen molar-refractivity contribution in [3.05, 3.63) is 83.9 Å². The molecule has 5 nitrogen and oxygen atoms in total. The van der Waals surface area contributed by atoms with Crippen LogP contribution < -0.4 is 4.74 Å². The van der Waals surface area contributed by atoms with Crippen molar-refractivity contribution < 1.29 is 9.47 Å². The van der Waals surface area contributed by atoms with Crippen LogP contribution in [0.2, 0.25) is 0 Å². The minimum Gasteiger partial charge on any atom is -0.493 e. The van der Waals surface area contributed by atoms with Gasteiger partial charge in [0, 0.05) is 38.0 Å². The highest BCUT2D eigenvalue weighted by atomic mass is 16.5. The van der Waals surface area contributed by atoms with Crippen LogP contribution in [0.4, 0.5) is 0 Å². The average molecular weight is 406 g/mol. The van der Waals surface area contributed by atoms with Crippen LogP contribution in [0.25, 0.3) is 0 Å². The molecule has 4 rings (SSSR count). The molecule has 1 unspecified atom stereocenters. The number of nitrogens with zero attached hydrogens (tertiary/aromatic N) is 3. The van der Waals surface area contributed by atoms with Gasteiger partial charge in [-0.15, -0.1) is 0 Å². The predicted molar refractivity (Wildman–Crippen MR) is 118 cm³/mol. The summed E-state index contributed by atoms with van der Waals surface area (Å²) in [6.07, 6.45) is 6.27. The third-order valence-electron chi connectivity index (χ3n) is 5.50. The van der Waals surface area contributed by atoms with Gasteiger partial charge in [-0.3, -0.25) is 4.90 Å². The number of hydrogen-bond donors (Lipinski definition) is 0. The fourth-order valence-electron chi connectivity index (χ4n) is 3.91. The standard InChI is InChI=1S/C25H31N3O2/c1-27(18-25-26-12-13-28(25)17-21-7-3-2-4-8-21)16-22-9-5-11-24(15-22)30-20-23-10-6-14-29-19-23/h2-5,7-9,11-13,15,23H,6,10,14,16-20H2,1H3. The molecule has 0 amide bonds. The van der Waals surface area contributed by atoms with Gasteiger partial charge in [0.15, 0.2) is 0 Å². The van der Waals surface area contributed by atoms with Crippen LogP contribution in [0, 0.1) is 5.92 Å². The number of ether oxygens (including phenoxy) is 2. The second kappa shape index (κ2) is 10.4. The molecule has 30 heavy (non-hydrogen) atoms. The van der Waals surface area contributed by atoms with E-state index in [4.69, 9.17) is 9.47 Å². The average Bonchev–Trinajstić information content (AvgIpc) is 3.20. The fraction of sp³-hybridized carbons (Fsp3) is 0.400. The lowest BCUT2D eigenvalue weighted by Crippen LogP contribution is -2.23. The first-order valence-corrected chi connectivity index (χ1v) is 10.8. The van der Waals surface area contributed by atoms with Gasteiger partial charge in [0.25, 0.3) is 0 Å². The molecule has 0 radical (unpaired) electrons. The van der Waals surface area contributed by atoms with Gasteiger partial charge in [0.2, 0.25) is 0 Å². The molecule has 2 heterocycles. The van der Waals surface area contributed by atoms with Crippen molar-refractivity contribution in [2.75, 3.05) is 26.9 Å². The summed E-state index contributed by atoms with van der Waals surface area (Å²) in [5.41, 5.74) is 2.53. The van der Waals surface area contributed by atoms with Gasteiger partial charge < -0.3 is 14.0 Å². The van der Waals surface area contributed by atoms with Crippen LogP contribution in [-0.4, -0.2) is 41.3 Å². The van der Waals surface area contributed by atoms with Crippen LogP contribution in [-0.2, 0) is 24.4 Å². The molecule has 2 aromatic carbocycles. The zero-order chi connectivity index (χ0) is 20.6. The molecule has 5 heteroatoms. The van der Waals surface area contributed by atoms with Gasteiger partial charge >= 0.3 is 0 Å². The van der Waals surface area contributed by atoms with E-state index in [1.165, 1.54) is 17.5 Å². The van der Waals surface area contributed by atoms with Crippen LogP contribution in [0.15, 0.2) is 67.0 Å². The summed E-state index contributed by atoms with van der Waals surface area (Å²) in [5.74, 6) is 2.52. The molecular weight excluding hydrogens is 374 g/mol. The fourth-order valence-corrected chi connectivity index (χ4v) is 3.91. The van der Waals surface area contributed by atoms with E-state index in [9.17, 15) is 0 Å². The SMILES string of the molecule is CN(Cc1cccc(OCC2CCCOC2)c1)Cc1nccn1Cc1ccccc1. The molecule has 0 saturated carbocycles. The smallest absolute Gasteiger partial charge is 0.123 e. The molecule has 0 spiro atoms. The van der Waals surface area contributed by atoms with Gasteiger partial charge in [-0.1, -0.05) is 42.5 Å². The predicted octanol–water partition coefficient (Wildman–Crippen LogP) is 4.37. The van der Waals surface area contributed by atoms with Crippen LogP contribution in [0.5, 0.6) is 5.75 Å². The monoisotopic (exact) mass is 405 g/mol. The lowest BCUT2D eigenvalue weighted by Gasteiger charge is -2.22. The Hall–Kier alpha value is -2.63. The number of hydrogen-bond acceptors (Lipinski definition) is 4. The maximum atomic E-state index is 6.04. The first-order valence-electron chi connectivity index (χ1n) is 10.8. The van der Waals surface area contributed by atoms with Crippen molar-refractivity contribution in [3.63, 3.8) is 0 Å². The summed E-state index contributed by atoms with van der Waals surface area (Å²) in [4.78, 5) is 6.87. The third kappa shape index (κ3) is 5.94. The molecule has 1 atom stereocenters. The first-order chi connectivity index (χ1) is 14.8. The lowest BCUT2D eigenvalue weighted by molar-refractivity contribution is 0.0352. The molecule has 1 aliphatic heterocycles. The summed E-state index contributed by atoms with van der Waals surface area (Å²) < 4.78 is 13.8. The number of imidazole rings is 1. The van der Waals surface area contributed by atoms with Crippen molar-refractivity contribution in [1.82, 2.24) is 14.5 Å². The number of aromatic nitrogens is 2. The normalized spacial score (nSPS) is 16.7. The Kier molecular flexibility index (Phi) is 7.16. The van der Waals surface area contributed by atoms with E-state index >= 15 is 0 Å². The quantitative estimate of drug-likeness (QED) is 0.530. The van der Waals surface area contributed by atoms with E-state index in [1.807, 2.05) is 18.3 Å². The van der Waals surface area contributed by atoms with Crippen molar-refractivity contribution in [2.24, 2.45) is 5.92 Å². The summed E-state index contributed by atoms with van der Waals surface area (Å²) >= 11 is 0. The van der Waals surface area contributed by atoms with Crippen molar-refractivity contribution >= 4 is 0 Å². The highest BCUT2D eigenvalue weighted by Gasteiger charge is 2.15. The molecular formula is C25H31N3O2. The molecule has 1 fully saturated rings. The number of benzene rings is 2. The summed E-state index contributed by atoms with van der Waals surface area (Å²) in [5, 5.41) is 0. The van der Waals surface area contributed by atoms with Gasteiger partial charge in [-0.05, 0) is 43.1 Å². The van der Waals surface area contributed by atoms with Crippen LogP contribution in [0.3, 0.4) is 0 Å². The van der Waals surface area contributed by atoms with Crippen molar-refractivity contribution in [1.29, 1.82) is 0 Å². The Bertz CT molecular complexity index is 904. The van der Waals surface area contributed by atoms with E-state index < -0.39 is 0 Å². The topological polar surface area (TPSA) is 39.5 Å². The highest BCUT2D eigenvalue weighted by molar-refractivity contribution is 5.28. The van der Waals surface area contributed by atoms with E-state index in [-0.39, 0.29) is 0 Å². The Morgan fingerprint density at radius 2 is 1.97 bits per heavy atom. The maximum absolute atomic E-state index is 6.04. The molecule has 1 aliphatic rings. The van der Waals surface area contributed by atoms with E-state index in [2.05, 4.69) is 70.2 Å². The number of rotatable bonds is 9. The molecule has 0 aliphatic carbocycles. The van der Waals surface area contributed by atoms with Crippen molar-refractivity contribution in [3.8, 4) is 5.75 Å². The Morgan fingerprint density at radius 3 is 2.80 bits per heavy atom. The summed E-state index contributed by atoms with van der Waals surface area (Å²) in [6.45, 7) is 4.93. The van der Waals surface area contributed by atoms with E-state index in [0.29, 0.717) is 5.92 Å². The molecule has 1 saturated heterocycles. The summed E-state index contributed by atoms with van der Waals surface area (Å²) in [6, 6.07) is 18.9. The second-order valence-corrected chi connectivity index (χ2v) is 8.17. The first kappa shape index (κ1) is 20.6. The Labute approximate surface area is 179 Å². The Balaban J connectivity index is 1.31. The van der Waals surface area contributed by atoms with Gasteiger partial charge in [-0.2, -0.15) is 0 Å². The molecule has 0 bridgehead atoms. The van der Waals surface area contributed by atoms with Crippen LogP contribution in [0.1, 0.15) is 29.8 Å². The maximum Gasteiger partial charge on any atom is 0.123 e. The van der Waals surface area contributed by atoms with Gasteiger partial charge in [0.05, 0.1) is 19.8 Å². The Morgan fingerprint density at radius 1 is 1.10 bits per heavy atom. The van der Waals surface area contributed by atoms with E-state index in [1.54, 1.807) is 0 Å². The molecule has 1 aromatic heterocycles. The van der Waals surface area contributed by atoms with Crippen LogP contribution >= 0.6 is 0 Å². The third-order valence-corrected chi connectivity index (χ3v) is 5.50. The molecule has 0 N–H and O–H groups in total. The van der Waals surface area contributed by atoms with E-state index in [0.717, 1.165) is 57.4 Å². The van der Waals surface area contributed by atoms with Crippen molar-refractivity contribution in [2.45, 2.75) is 32.5 Å². The minimum absolute atomic E-state index is 0.508. The van der Waals surface area contributed by atoms with Gasteiger partial charge in [0.1, 0.15) is 11.6 Å². The largest absolute Gasteiger partial charge is 0.493 e. The van der Waals surface area contributed by atoms with Gasteiger partial charge in [-0.25, -0.2) is 4.98 Å². The lowest BCUT2D eigenvalue weighted by atomic mass is 10.0. The highest BCUT2D eigenvalue weighted by Crippen LogP contribution is 2.19. The zero-order valence-corrected chi connectivity index (χ0v) is 17.7. The minimum atomic E-state index is 0.508. The molecule has 3 aromatic rings. The zero-order valence-electron chi connectivity index (χ0n) is 17.7. The molecule has 158 valence electrons. The summed E-state index contributed by atoms with van der Waals surface area (Å²) in [7, 11) is 2.13. The second-order valence-electron chi connectivity index (χ2n) is 8.17.